The quantitative estimate of drug-likeness (QED) is 0.695. The van der Waals surface area contributed by atoms with Crippen molar-refractivity contribution in [3.05, 3.63) is 59.2 Å². The van der Waals surface area contributed by atoms with Crippen molar-refractivity contribution in [2.24, 2.45) is 0 Å². The van der Waals surface area contributed by atoms with Crippen molar-refractivity contribution in [3.8, 4) is 5.75 Å². The first kappa shape index (κ1) is 22.8. The van der Waals surface area contributed by atoms with Gasteiger partial charge in [-0.2, -0.15) is 0 Å². The smallest absolute Gasteiger partial charge is 0.263 e. The van der Waals surface area contributed by atoms with Gasteiger partial charge in [0.2, 0.25) is 5.91 Å². The fourth-order valence-corrected chi connectivity index (χ4v) is 3.72. The van der Waals surface area contributed by atoms with E-state index in [1.165, 1.54) is 0 Å². The van der Waals surface area contributed by atoms with Gasteiger partial charge < -0.3 is 19.7 Å². The Morgan fingerprint density at radius 1 is 1.19 bits per heavy atom. The highest BCUT2D eigenvalue weighted by Crippen LogP contribution is 2.19. The van der Waals surface area contributed by atoms with Gasteiger partial charge in [-0.3, -0.25) is 9.59 Å². The number of benzene rings is 2. The van der Waals surface area contributed by atoms with Gasteiger partial charge in [-0.25, -0.2) is 0 Å². The molecule has 0 aromatic heterocycles. The molecule has 2 amide bonds. The largest absolute Gasteiger partial charge is 0.481 e. The molecule has 1 heterocycles. The molecular formula is C25H32N2O4. The summed E-state index contributed by atoms with van der Waals surface area (Å²) in [4.78, 5) is 27.6. The Bertz CT molecular complexity index is 921. The van der Waals surface area contributed by atoms with E-state index >= 15 is 0 Å². The van der Waals surface area contributed by atoms with Crippen LogP contribution < -0.4 is 10.1 Å². The summed E-state index contributed by atoms with van der Waals surface area (Å²) < 4.78 is 11.6. The van der Waals surface area contributed by atoms with E-state index in [0.29, 0.717) is 18.9 Å². The van der Waals surface area contributed by atoms with Gasteiger partial charge in [0, 0.05) is 18.8 Å². The molecule has 2 unspecified atom stereocenters. The predicted molar refractivity (Wildman–Crippen MR) is 121 cm³/mol. The van der Waals surface area contributed by atoms with Crippen LogP contribution in [0.2, 0.25) is 0 Å². The van der Waals surface area contributed by atoms with Crippen molar-refractivity contribution in [1.29, 1.82) is 0 Å². The van der Waals surface area contributed by atoms with Gasteiger partial charge >= 0.3 is 0 Å². The Hall–Kier alpha value is -2.86. The number of hydrogen-bond acceptors (Lipinski definition) is 4. The number of nitrogens with zero attached hydrogens (tertiary/aromatic N) is 1. The maximum absolute atomic E-state index is 13.2. The van der Waals surface area contributed by atoms with E-state index in [1.54, 1.807) is 11.8 Å². The number of nitrogens with one attached hydrogen (secondary N) is 1. The number of ether oxygens (including phenoxy) is 2. The SMILES string of the molecule is Cc1cccc(OC(C)C(=O)N(CC(=O)Nc2cccc(C)c2C)CC2CCCO2)c1. The highest BCUT2D eigenvalue weighted by atomic mass is 16.5. The van der Waals surface area contributed by atoms with Gasteiger partial charge in [-0.1, -0.05) is 24.3 Å². The third-order valence-electron chi connectivity index (χ3n) is 5.62. The Labute approximate surface area is 184 Å². The number of amides is 2. The van der Waals surface area contributed by atoms with E-state index in [1.807, 2.05) is 63.2 Å². The number of rotatable bonds is 8. The molecule has 0 aliphatic carbocycles. The number of hydrogen-bond donors (Lipinski definition) is 1. The van der Waals surface area contributed by atoms with Crippen LogP contribution in [0.1, 0.15) is 36.5 Å². The minimum absolute atomic E-state index is 0.0480. The van der Waals surface area contributed by atoms with E-state index in [9.17, 15) is 9.59 Å². The van der Waals surface area contributed by atoms with Crippen molar-refractivity contribution >= 4 is 17.5 Å². The molecule has 1 aliphatic heterocycles. The maximum Gasteiger partial charge on any atom is 0.263 e. The lowest BCUT2D eigenvalue weighted by Crippen LogP contribution is -2.47. The average molecular weight is 425 g/mol. The van der Waals surface area contributed by atoms with Crippen LogP contribution in [0.15, 0.2) is 42.5 Å². The summed E-state index contributed by atoms with van der Waals surface area (Å²) in [6.07, 6.45) is 1.09. The molecule has 31 heavy (non-hydrogen) atoms. The second-order valence-corrected chi connectivity index (χ2v) is 8.23. The van der Waals surface area contributed by atoms with Crippen LogP contribution in [0.4, 0.5) is 5.69 Å². The minimum atomic E-state index is -0.711. The molecule has 1 saturated heterocycles. The number of carbonyl (C=O) groups excluding carboxylic acids is 2. The van der Waals surface area contributed by atoms with E-state index < -0.39 is 6.10 Å². The van der Waals surface area contributed by atoms with E-state index in [-0.39, 0.29) is 24.5 Å². The molecule has 1 fully saturated rings. The number of anilines is 1. The van der Waals surface area contributed by atoms with Gasteiger partial charge in [-0.05, 0) is 75.4 Å². The molecule has 0 saturated carbocycles. The normalized spacial score (nSPS) is 16.6. The Balaban J connectivity index is 1.69. The molecule has 3 rings (SSSR count). The summed E-state index contributed by atoms with van der Waals surface area (Å²) in [6, 6.07) is 13.4. The van der Waals surface area contributed by atoms with Crippen LogP contribution in [0.5, 0.6) is 5.75 Å². The highest BCUT2D eigenvalue weighted by Gasteiger charge is 2.28. The molecule has 0 radical (unpaired) electrons. The monoisotopic (exact) mass is 424 g/mol. The summed E-state index contributed by atoms with van der Waals surface area (Å²) >= 11 is 0. The molecule has 2 atom stereocenters. The lowest BCUT2D eigenvalue weighted by Gasteiger charge is -2.28. The first-order valence-corrected chi connectivity index (χ1v) is 10.8. The Morgan fingerprint density at radius 3 is 2.68 bits per heavy atom. The van der Waals surface area contributed by atoms with Crippen LogP contribution in [0, 0.1) is 20.8 Å². The zero-order chi connectivity index (χ0) is 22.4. The van der Waals surface area contributed by atoms with Crippen molar-refractivity contribution in [2.75, 3.05) is 25.0 Å². The zero-order valence-electron chi connectivity index (χ0n) is 18.8. The second kappa shape index (κ2) is 10.4. The van der Waals surface area contributed by atoms with E-state index in [4.69, 9.17) is 9.47 Å². The van der Waals surface area contributed by atoms with Crippen molar-refractivity contribution < 1.29 is 19.1 Å². The molecule has 166 valence electrons. The molecule has 0 spiro atoms. The third-order valence-corrected chi connectivity index (χ3v) is 5.62. The average Bonchev–Trinajstić information content (AvgIpc) is 3.23. The van der Waals surface area contributed by atoms with Crippen LogP contribution in [0.3, 0.4) is 0 Å². The van der Waals surface area contributed by atoms with Crippen LogP contribution in [-0.2, 0) is 14.3 Å². The lowest BCUT2D eigenvalue weighted by atomic mass is 10.1. The molecular weight excluding hydrogens is 392 g/mol. The van der Waals surface area contributed by atoms with Crippen LogP contribution in [-0.4, -0.2) is 48.6 Å². The van der Waals surface area contributed by atoms with Crippen LogP contribution in [0.25, 0.3) is 0 Å². The number of carbonyl (C=O) groups is 2. The van der Waals surface area contributed by atoms with Crippen LogP contribution >= 0.6 is 0 Å². The first-order valence-electron chi connectivity index (χ1n) is 10.8. The first-order chi connectivity index (χ1) is 14.8. The van der Waals surface area contributed by atoms with Crippen molar-refractivity contribution in [1.82, 2.24) is 4.90 Å². The standard InChI is InChI=1S/C25H32N2O4/c1-17-8-5-10-21(14-17)31-20(4)25(29)27(15-22-11-7-13-30-22)16-24(28)26-23-12-6-9-18(2)19(23)3/h5-6,8-10,12,14,20,22H,7,11,13,15-16H2,1-4H3,(H,26,28). The summed E-state index contributed by atoms with van der Waals surface area (Å²) in [5.41, 5.74) is 3.94. The zero-order valence-corrected chi connectivity index (χ0v) is 18.8. The van der Waals surface area contributed by atoms with Gasteiger partial charge in [-0.15, -0.1) is 0 Å². The fraction of sp³-hybridized carbons (Fsp3) is 0.440. The van der Waals surface area contributed by atoms with Crippen molar-refractivity contribution in [2.45, 2.75) is 52.7 Å². The third kappa shape index (κ3) is 6.31. The molecule has 1 aliphatic rings. The summed E-state index contributed by atoms with van der Waals surface area (Å²) in [6.45, 7) is 8.68. The molecule has 0 bridgehead atoms. The highest BCUT2D eigenvalue weighted by molar-refractivity contribution is 5.95. The summed E-state index contributed by atoms with van der Waals surface area (Å²) in [7, 11) is 0. The Kier molecular flexibility index (Phi) is 7.69. The topological polar surface area (TPSA) is 67.9 Å². The van der Waals surface area contributed by atoms with Gasteiger partial charge in [0.15, 0.2) is 6.10 Å². The molecule has 2 aromatic carbocycles. The minimum Gasteiger partial charge on any atom is -0.481 e. The second-order valence-electron chi connectivity index (χ2n) is 8.23. The summed E-state index contributed by atoms with van der Waals surface area (Å²) in [5, 5.41) is 2.94. The molecule has 1 N–H and O–H groups in total. The predicted octanol–water partition coefficient (Wildman–Crippen LogP) is 4.03. The fourth-order valence-electron chi connectivity index (χ4n) is 3.72. The van der Waals surface area contributed by atoms with Gasteiger partial charge in [0.05, 0.1) is 6.10 Å². The molecule has 6 heteroatoms. The van der Waals surface area contributed by atoms with E-state index in [0.717, 1.165) is 35.2 Å². The Morgan fingerprint density at radius 2 is 1.97 bits per heavy atom. The molecule has 2 aromatic rings. The summed E-state index contributed by atoms with van der Waals surface area (Å²) in [5.74, 6) is 0.175. The van der Waals surface area contributed by atoms with Gasteiger partial charge in [0.25, 0.3) is 5.91 Å². The number of aryl methyl sites for hydroxylation is 2. The molecule has 6 nitrogen and oxygen atoms in total. The van der Waals surface area contributed by atoms with Gasteiger partial charge in [0.1, 0.15) is 12.3 Å². The van der Waals surface area contributed by atoms with E-state index in [2.05, 4.69) is 5.32 Å². The maximum atomic E-state index is 13.2. The lowest BCUT2D eigenvalue weighted by molar-refractivity contribution is -0.142. The van der Waals surface area contributed by atoms with Crippen molar-refractivity contribution in [3.63, 3.8) is 0 Å².